The zero-order chi connectivity index (χ0) is 32.8. The monoisotopic (exact) mass is 655 g/mol. The molecule has 1 spiro atoms. The van der Waals surface area contributed by atoms with E-state index in [2.05, 4.69) is 169 Å². The highest BCUT2D eigenvalue weighted by Gasteiger charge is 2.48. The van der Waals surface area contributed by atoms with Gasteiger partial charge in [-0.15, -0.1) is 0 Å². The molecule has 11 rings (SSSR count). The van der Waals surface area contributed by atoms with Gasteiger partial charge in [0.2, 0.25) is 0 Å². The Balaban J connectivity index is 1.24. The lowest BCUT2D eigenvalue weighted by Crippen LogP contribution is -2.36. The number of para-hydroxylation sites is 2. The van der Waals surface area contributed by atoms with Crippen LogP contribution in [0.5, 0.6) is 0 Å². The molecule has 0 amide bonds. The molecule has 2 nitrogen and oxygen atoms in total. The minimum Gasteiger partial charge on any atom is -0.456 e. The zero-order valence-corrected chi connectivity index (χ0v) is 27.8. The highest BCUT2D eigenvalue weighted by molar-refractivity contribution is 7.99. The summed E-state index contributed by atoms with van der Waals surface area (Å²) in [5.74, 6) is 0. The van der Waals surface area contributed by atoms with Crippen molar-refractivity contribution in [1.82, 2.24) is 0 Å². The summed E-state index contributed by atoms with van der Waals surface area (Å²) in [5, 5.41) is 4.87. The Kier molecular flexibility index (Phi) is 5.84. The minimum absolute atomic E-state index is 0.511. The van der Waals surface area contributed by atoms with Gasteiger partial charge in [0.25, 0.3) is 0 Å². The topological polar surface area (TPSA) is 16.4 Å². The largest absolute Gasteiger partial charge is 0.456 e. The van der Waals surface area contributed by atoms with Crippen molar-refractivity contribution in [3.05, 3.63) is 198 Å². The highest BCUT2D eigenvalue weighted by atomic mass is 32.2. The molecule has 0 atom stereocenters. The first-order valence-corrected chi connectivity index (χ1v) is 17.9. The molecule has 0 N–H and O–H groups in total. The molecule has 3 heteroatoms. The van der Waals surface area contributed by atoms with Crippen molar-refractivity contribution in [3.63, 3.8) is 0 Å². The van der Waals surface area contributed by atoms with Gasteiger partial charge in [-0.1, -0.05) is 127 Å². The normalized spacial score (nSPS) is 13.7. The van der Waals surface area contributed by atoms with Crippen LogP contribution in [0.1, 0.15) is 22.3 Å². The van der Waals surface area contributed by atoms with Crippen molar-refractivity contribution in [3.8, 4) is 11.1 Å². The molecule has 0 fully saturated rings. The van der Waals surface area contributed by atoms with Crippen molar-refractivity contribution in [1.29, 1.82) is 0 Å². The molecule has 8 aromatic carbocycles. The minimum atomic E-state index is -0.511. The Bertz CT molecular complexity index is 2760. The molecule has 0 radical (unpaired) electrons. The summed E-state index contributed by atoms with van der Waals surface area (Å²) in [5.41, 5.74) is 12.4. The number of fused-ring (bicyclic) bond motifs is 11. The third-order valence-corrected chi connectivity index (χ3v) is 11.9. The van der Waals surface area contributed by atoms with E-state index < -0.39 is 5.41 Å². The van der Waals surface area contributed by atoms with Crippen molar-refractivity contribution in [2.75, 3.05) is 4.90 Å². The van der Waals surface area contributed by atoms with E-state index >= 15 is 0 Å². The van der Waals surface area contributed by atoms with E-state index in [1.807, 2.05) is 23.9 Å². The van der Waals surface area contributed by atoms with Gasteiger partial charge in [0.1, 0.15) is 11.2 Å². The van der Waals surface area contributed by atoms with Crippen molar-refractivity contribution >= 4 is 61.5 Å². The first kappa shape index (κ1) is 27.9. The molecule has 9 aromatic rings. The predicted octanol–water partition coefficient (Wildman–Crippen LogP) is 13.0. The Morgan fingerprint density at radius 3 is 1.88 bits per heavy atom. The Labute approximate surface area is 294 Å². The molecular formula is C47H29NOS. The second-order valence-electron chi connectivity index (χ2n) is 13.2. The number of benzene rings is 8. The van der Waals surface area contributed by atoms with Gasteiger partial charge in [-0.05, 0) is 98.8 Å². The van der Waals surface area contributed by atoms with Gasteiger partial charge in [-0.3, -0.25) is 0 Å². The van der Waals surface area contributed by atoms with Crippen molar-refractivity contribution < 1.29 is 4.42 Å². The van der Waals surface area contributed by atoms with E-state index in [0.29, 0.717) is 0 Å². The van der Waals surface area contributed by atoms with Gasteiger partial charge < -0.3 is 9.32 Å². The summed E-state index contributed by atoms with van der Waals surface area (Å²) in [6.45, 7) is 0. The van der Waals surface area contributed by atoms with Crippen LogP contribution in [0.4, 0.5) is 17.1 Å². The molecule has 1 aliphatic carbocycles. The summed E-state index contributed by atoms with van der Waals surface area (Å²) in [6.07, 6.45) is 0. The van der Waals surface area contributed by atoms with Crippen LogP contribution >= 0.6 is 11.8 Å². The predicted molar refractivity (Wildman–Crippen MR) is 207 cm³/mol. The summed E-state index contributed by atoms with van der Waals surface area (Å²) in [6, 6.07) is 64.4. The Morgan fingerprint density at radius 1 is 0.420 bits per heavy atom. The summed E-state index contributed by atoms with van der Waals surface area (Å²) in [4.78, 5) is 4.97. The lowest BCUT2D eigenvalue weighted by atomic mass is 9.59. The van der Waals surface area contributed by atoms with Gasteiger partial charge in [0.15, 0.2) is 0 Å². The SMILES string of the molecule is c1ccc(N(c2ccc3c(c2)C2(c4ccccc4Sc4ccccc42)c2cccc4cccc-3c24)c2ccc3c(c2)oc2ccccc23)cc1. The molecular weight excluding hydrogens is 627 g/mol. The van der Waals surface area contributed by atoms with Crippen LogP contribution in [0.25, 0.3) is 43.8 Å². The first-order chi connectivity index (χ1) is 24.8. The maximum Gasteiger partial charge on any atom is 0.137 e. The van der Waals surface area contributed by atoms with E-state index in [4.69, 9.17) is 4.42 Å². The summed E-state index contributed by atoms with van der Waals surface area (Å²) >= 11 is 1.88. The Morgan fingerprint density at radius 2 is 1.06 bits per heavy atom. The lowest BCUT2D eigenvalue weighted by molar-refractivity contribution is 0.669. The average molecular weight is 656 g/mol. The fraction of sp³-hybridized carbons (Fsp3) is 0.0213. The maximum atomic E-state index is 6.42. The third-order valence-electron chi connectivity index (χ3n) is 10.7. The van der Waals surface area contributed by atoms with Gasteiger partial charge in [-0.25, -0.2) is 0 Å². The number of nitrogens with zero attached hydrogens (tertiary/aromatic N) is 1. The maximum absolute atomic E-state index is 6.42. The molecule has 2 aliphatic rings. The van der Waals surface area contributed by atoms with Crippen LogP contribution in [-0.2, 0) is 5.41 Å². The fourth-order valence-electron chi connectivity index (χ4n) is 8.69. The zero-order valence-electron chi connectivity index (χ0n) is 27.0. The van der Waals surface area contributed by atoms with E-state index in [1.54, 1.807) is 0 Å². The quantitative estimate of drug-likeness (QED) is 0.188. The smallest absolute Gasteiger partial charge is 0.137 e. The van der Waals surface area contributed by atoms with Gasteiger partial charge in [0.05, 0.1) is 5.41 Å². The number of anilines is 3. The van der Waals surface area contributed by atoms with E-state index in [-0.39, 0.29) is 0 Å². The van der Waals surface area contributed by atoms with Crippen LogP contribution in [0.15, 0.2) is 190 Å². The van der Waals surface area contributed by atoms with Gasteiger partial charge in [-0.2, -0.15) is 0 Å². The molecule has 0 bridgehead atoms. The standard InChI is InChI=1S/C47H29NOS/c1-2-14-31(15-3-1)48(33-25-27-36-35-16-4-7-21-42(35)49-43(36)29-33)32-24-26-34-37-17-10-12-30-13-11-20-40(46(30)37)47(41(34)28-32)38-18-5-8-22-44(38)50-45-23-9-6-19-39(45)47/h1-29H. The average Bonchev–Trinajstić information content (AvgIpc) is 3.55. The van der Waals surface area contributed by atoms with E-state index in [9.17, 15) is 0 Å². The number of rotatable bonds is 3. The van der Waals surface area contributed by atoms with E-state index in [0.717, 1.165) is 39.0 Å². The fourth-order valence-corrected chi connectivity index (χ4v) is 9.88. The van der Waals surface area contributed by atoms with Crippen LogP contribution in [-0.4, -0.2) is 0 Å². The number of hydrogen-bond donors (Lipinski definition) is 0. The van der Waals surface area contributed by atoms with Gasteiger partial charge in [0, 0.05) is 43.7 Å². The first-order valence-electron chi connectivity index (χ1n) is 17.1. The molecule has 2 heterocycles. The van der Waals surface area contributed by atoms with E-state index in [1.165, 1.54) is 53.9 Å². The molecule has 0 saturated heterocycles. The second-order valence-corrected chi connectivity index (χ2v) is 14.3. The molecule has 1 aromatic heterocycles. The number of furan rings is 1. The Hall–Kier alpha value is -6.03. The van der Waals surface area contributed by atoms with Crippen LogP contribution in [0.3, 0.4) is 0 Å². The third kappa shape index (κ3) is 3.76. The summed E-state index contributed by atoms with van der Waals surface area (Å²) in [7, 11) is 0. The molecule has 1 aliphatic heterocycles. The van der Waals surface area contributed by atoms with Crippen LogP contribution in [0, 0.1) is 0 Å². The van der Waals surface area contributed by atoms with Gasteiger partial charge >= 0.3 is 0 Å². The van der Waals surface area contributed by atoms with Crippen LogP contribution in [0.2, 0.25) is 0 Å². The lowest BCUT2D eigenvalue weighted by Gasteiger charge is -2.46. The number of hydrogen-bond acceptors (Lipinski definition) is 3. The van der Waals surface area contributed by atoms with Crippen molar-refractivity contribution in [2.24, 2.45) is 0 Å². The van der Waals surface area contributed by atoms with Crippen molar-refractivity contribution in [2.45, 2.75) is 15.2 Å². The molecule has 50 heavy (non-hydrogen) atoms. The molecule has 234 valence electrons. The summed E-state index contributed by atoms with van der Waals surface area (Å²) < 4.78 is 6.42. The highest BCUT2D eigenvalue weighted by Crippen LogP contribution is 2.61. The molecule has 0 saturated carbocycles. The molecule has 0 unspecified atom stereocenters. The van der Waals surface area contributed by atoms with Crippen LogP contribution < -0.4 is 4.90 Å². The second kappa shape index (κ2) is 10.5.